The van der Waals surface area contributed by atoms with Crippen molar-refractivity contribution in [2.45, 2.75) is 45.1 Å². The second kappa shape index (κ2) is 4.77. The van der Waals surface area contributed by atoms with E-state index < -0.39 is 0 Å². The highest BCUT2D eigenvalue weighted by Crippen LogP contribution is 2.36. The van der Waals surface area contributed by atoms with Crippen LogP contribution >= 0.6 is 0 Å². The van der Waals surface area contributed by atoms with Crippen LogP contribution in [0.25, 0.3) is 0 Å². The van der Waals surface area contributed by atoms with Crippen LogP contribution in [-0.2, 0) is 6.42 Å². The van der Waals surface area contributed by atoms with Crippen molar-refractivity contribution in [2.24, 2.45) is 17.6 Å². The third-order valence-electron chi connectivity index (χ3n) is 4.24. The van der Waals surface area contributed by atoms with Gasteiger partial charge < -0.3 is 5.73 Å². The zero-order valence-electron chi connectivity index (χ0n) is 10.7. The van der Waals surface area contributed by atoms with Gasteiger partial charge in [-0.15, -0.1) is 0 Å². The molecule has 2 N–H and O–H groups in total. The SMILES string of the molecule is CC1CCC(N)(Cc2cccc(F)c2)CC1C. The van der Waals surface area contributed by atoms with Gasteiger partial charge in [0.05, 0.1) is 0 Å². The number of hydrogen-bond donors (Lipinski definition) is 1. The zero-order chi connectivity index (χ0) is 12.5. The third kappa shape index (κ3) is 3.06. The lowest BCUT2D eigenvalue weighted by atomic mass is 9.69. The molecular formula is C15H22FN. The minimum absolute atomic E-state index is 0.139. The van der Waals surface area contributed by atoms with Gasteiger partial charge in [-0.1, -0.05) is 26.0 Å². The van der Waals surface area contributed by atoms with Crippen molar-refractivity contribution < 1.29 is 4.39 Å². The molecule has 0 saturated heterocycles. The van der Waals surface area contributed by atoms with Crippen LogP contribution in [0.5, 0.6) is 0 Å². The molecule has 1 aromatic rings. The highest BCUT2D eigenvalue weighted by atomic mass is 19.1. The number of benzene rings is 1. The molecular weight excluding hydrogens is 213 g/mol. The monoisotopic (exact) mass is 235 g/mol. The number of halogens is 1. The standard InChI is InChI=1S/C15H22FN/c1-11-6-7-15(17,9-12(11)2)10-13-4-3-5-14(16)8-13/h3-5,8,11-12H,6-7,9-10,17H2,1-2H3. The summed E-state index contributed by atoms with van der Waals surface area (Å²) in [5, 5.41) is 0. The van der Waals surface area contributed by atoms with Gasteiger partial charge in [-0.2, -0.15) is 0 Å². The summed E-state index contributed by atoms with van der Waals surface area (Å²) in [6.07, 6.45) is 4.08. The fourth-order valence-corrected chi connectivity index (χ4v) is 2.96. The maximum Gasteiger partial charge on any atom is 0.123 e. The van der Waals surface area contributed by atoms with Crippen LogP contribution in [0.3, 0.4) is 0 Å². The van der Waals surface area contributed by atoms with Crippen LogP contribution in [0.15, 0.2) is 24.3 Å². The first kappa shape index (κ1) is 12.6. The van der Waals surface area contributed by atoms with Crippen LogP contribution in [0.1, 0.15) is 38.7 Å². The topological polar surface area (TPSA) is 26.0 Å². The summed E-state index contributed by atoms with van der Waals surface area (Å²) in [5.41, 5.74) is 7.35. The highest BCUT2D eigenvalue weighted by molar-refractivity contribution is 5.19. The summed E-state index contributed by atoms with van der Waals surface area (Å²) < 4.78 is 13.1. The minimum atomic E-state index is -0.164. The Labute approximate surface area is 103 Å². The molecule has 0 heterocycles. The lowest BCUT2D eigenvalue weighted by molar-refractivity contribution is 0.175. The molecule has 0 radical (unpaired) electrons. The minimum Gasteiger partial charge on any atom is -0.325 e. The van der Waals surface area contributed by atoms with Crippen LogP contribution in [0.2, 0.25) is 0 Å². The van der Waals surface area contributed by atoms with Crippen molar-refractivity contribution in [3.8, 4) is 0 Å². The number of hydrogen-bond acceptors (Lipinski definition) is 1. The fourth-order valence-electron chi connectivity index (χ4n) is 2.96. The fraction of sp³-hybridized carbons (Fsp3) is 0.600. The van der Waals surface area contributed by atoms with Gasteiger partial charge in [0, 0.05) is 5.54 Å². The Hall–Kier alpha value is -0.890. The molecule has 0 spiro atoms. The first-order chi connectivity index (χ1) is 7.98. The quantitative estimate of drug-likeness (QED) is 0.834. The summed E-state index contributed by atoms with van der Waals surface area (Å²) in [6, 6.07) is 6.83. The van der Waals surface area contributed by atoms with Gasteiger partial charge in [0.25, 0.3) is 0 Å². The predicted molar refractivity (Wildman–Crippen MR) is 69.2 cm³/mol. The van der Waals surface area contributed by atoms with Crippen LogP contribution in [-0.4, -0.2) is 5.54 Å². The van der Waals surface area contributed by atoms with Crippen LogP contribution < -0.4 is 5.73 Å². The maximum absolute atomic E-state index is 13.1. The van der Waals surface area contributed by atoms with E-state index >= 15 is 0 Å². The van der Waals surface area contributed by atoms with Crippen molar-refractivity contribution >= 4 is 0 Å². The Bertz CT molecular complexity index is 390. The molecule has 17 heavy (non-hydrogen) atoms. The van der Waals surface area contributed by atoms with Crippen molar-refractivity contribution in [3.63, 3.8) is 0 Å². The van der Waals surface area contributed by atoms with E-state index in [2.05, 4.69) is 13.8 Å². The van der Waals surface area contributed by atoms with Gasteiger partial charge in [0.1, 0.15) is 5.82 Å². The second-order valence-electron chi connectivity index (χ2n) is 5.87. The normalized spacial score (nSPS) is 33.6. The van der Waals surface area contributed by atoms with Gasteiger partial charge in [-0.3, -0.25) is 0 Å². The lowest BCUT2D eigenvalue weighted by Crippen LogP contribution is -2.47. The Balaban J connectivity index is 2.07. The Kier molecular flexibility index (Phi) is 3.53. The van der Waals surface area contributed by atoms with Crippen molar-refractivity contribution in [1.82, 2.24) is 0 Å². The van der Waals surface area contributed by atoms with Crippen molar-refractivity contribution in [1.29, 1.82) is 0 Å². The summed E-state index contributed by atoms with van der Waals surface area (Å²) in [4.78, 5) is 0. The molecule has 1 aromatic carbocycles. The molecule has 0 aliphatic heterocycles. The van der Waals surface area contributed by atoms with E-state index in [4.69, 9.17) is 5.73 Å². The van der Waals surface area contributed by atoms with E-state index in [1.165, 1.54) is 12.5 Å². The Morgan fingerprint density at radius 1 is 1.35 bits per heavy atom. The average molecular weight is 235 g/mol. The molecule has 2 heteroatoms. The molecule has 1 nitrogen and oxygen atoms in total. The van der Waals surface area contributed by atoms with Gasteiger partial charge in [0.15, 0.2) is 0 Å². The smallest absolute Gasteiger partial charge is 0.123 e. The number of nitrogens with two attached hydrogens (primary N) is 1. The average Bonchev–Trinajstić information content (AvgIpc) is 2.24. The van der Waals surface area contributed by atoms with Crippen molar-refractivity contribution in [2.75, 3.05) is 0 Å². The van der Waals surface area contributed by atoms with E-state index in [1.54, 1.807) is 12.1 Å². The molecule has 1 aliphatic rings. The molecule has 2 rings (SSSR count). The molecule has 3 unspecified atom stereocenters. The molecule has 0 aromatic heterocycles. The lowest BCUT2D eigenvalue weighted by Gasteiger charge is -2.40. The molecule has 1 aliphatic carbocycles. The summed E-state index contributed by atoms with van der Waals surface area (Å²) >= 11 is 0. The van der Waals surface area contributed by atoms with Gasteiger partial charge in [0.2, 0.25) is 0 Å². The van der Waals surface area contributed by atoms with E-state index in [1.807, 2.05) is 6.07 Å². The third-order valence-corrected chi connectivity index (χ3v) is 4.24. The molecule has 3 atom stereocenters. The van der Waals surface area contributed by atoms with Gasteiger partial charge in [-0.05, 0) is 55.2 Å². The van der Waals surface area contributed by atoms with Crippen LogP contribution in [0.4, 0.5) is 4.39 Å². The maximum atomic E-state index is 13.1. The van der Waals surface area contributed by atoms with Gasteiger partial charge in [-0.25, -0.2) is 4.39 Å². The predicted octanol–water partition coefficient (Wildman–Crippen LogP) is 3.52. The Morgan fingerprint density at radius 3 is 2.76 bits per heavy atom. The molecule has 0 bridgehead atoms. The first-order valence-corrected chi connectivity index (χ1v) is 6.52. The summed E-state index contributed by atoms with van der Waals surface area (Å²) in [6.45, 7) is 4.57. The van der Waals surface area contributed by atoms with Gasteiger partial charge >= 0.3 is 0 Å². The largest absolute Gasteiger partial charge is 0.325 e. The zero-order valence-corrected chi connectivity index (χ0v) is 10.7. The molecule has 0 amide bonds. The summed E-state index contributed by atoms with van der Waals surface area (Å²) in [7, 11) is 0. The van der Waals surface area contributed by atoms with E-state index in [-0.39, 0.29) is 11.4 Å². The number of rotatable bonds is 2. The highest BCUT2D eigenvalue weighted by Gasteiger charge is 2.34. The summed E-state index contributed by atoms with van der Waals surface area (Å²) in [5.74, 6) is 1.27. The van der Waals surface area contributed by atoms with E-state index in [0.717, 1.165) is 30.7 Å². The van der Waals surface area contributed by atoms with E-state index in [0.29, 0.717) is 5.92 Å². The van der Waals surface area contributed by atoms with E-state index in [9.17, 15) is 4.39 Å². The first-order valence-electron chi connectivity index (χ1n) is 6.52. The van der Waals surface area contributed by atoms with Crippen molar-refractivity contribution in [3.05, 3.63) is 35.6 Å². The van der Waals surface area contributed by atoms with Crippen LogP contribution in [0, 0.1) is 17.7 Å². The molecule has 1 saturated carbocycles. The Morgan fingerprint density at radius 2 is 2.12 bits per heavy atom. The molecule has 94 valence electrons. The second-order valence-corrected chi connectivity index (χ2v) is 5.87. The molecule has 1 fully saturated rings.